The lowest BCUT2D eigenvalue weighted by Crippen LogP contribution is -2.13. The fourth-order valence-electron chi connectivity index (χ4n) is 1.59. The molecule has 1 aromatic heterocycles. The average Bonchev–Trinajstić information content (AvgIpc) is 2.44. The minimum absolute atomic E-state index is 0.209. The first kappa shape index (κ1) is 10.4. The van der Waals surface area contributed by atoms with Gasteiger partial charge in [-0.1, -0.05) is 20.8 Å². The quantitative estimate of drug-likeness (QED) is 0.667. The van der Waals surface area contributed by atoms with Crippen molar-refractivity contribution in [3.8, 4) is 5.75 Å². The Morgan fingerprint density at radius 2 is 2.00 bits per heavy atom. The van der Waals surface area contributed by atoms with Crippen LogP contribution >= 0.6 is 23.1 Å². The number of thiophene rings is 1. The van der Waals surface area contributed by atoms with Gasteiger partial charge >= 0.3 is 0 Å². The lowest BCUT2D eigenvalue weighted by atomic mass is 9.94. The lowest BCUT2D eigenvalue weighted by molar-refractivity contribution is 0.322. The predicted molar refractivity (Wildman–Crippen MR) is 64.0 cm³/mol. The molecule has 1 aliphatic heterocycles. The Kier molecular flexibility index (Phi) is 2.56. The molecule has 0 unspecified atom stereocenters. The molecule has 1 nitrogen and oxygen atoms in total. The first-order valence-corrected chi connectivity index (χ1v) is 6.70. The van der Waals surface area contributed by atoms with Gasteiger partial charge in [0.1, 0.15) is 5.75 Å². The van der Waals surface area contributed by atoms with Crippen LogP contribution in [0.5, 0.6) is 5.75 Å². The SMILES string of the molecule is Cc1sc(C(C)(C)C)c2c1SCCO2. The first-order chi connectivity index (χ1) is 6.50. The molecule has 0 bridgehead atoms. The number of thioether (sulfide) groups is 1. The summed E-state index contributed by atoms with van der Waals surface area (Å²) < 4.78 is 5.79. The molecule has 0 atom stereocenters. The molecule has 0 aromatic carbocycles. The van der Waals surface area contributed by atoms with E-state index in [1.807, 2.05) is 23.1 Å². The highest BCUT2D eigenvalue weighted by atomic mass is 32.2. The monoisotopic (exact) mass is 228 g/mol. The standard InChI is InChI=1S/C11H16OS2/c1-7-9-8(12-5-6-13-9)10(14-7)11(2,3)4/h5-6H2,1-4H3. The van der Waals surface area contributed by atoms with Crippen molar-refractivity contribution in [1.29, 1.82) is 0 Å². The minimum Gasteiger partial charge on any atom is -0.490 e. The van der Waals surface area contributed by atoms with E-state index in [0.717, 1.165) is 18.1 Å². The van der Waals surface area contributed by atoms with Crippen LogP contribution in [-0.2, 0) is 5.41 Å². The number of hydrogen-bond donors (Lipinski definition) is 0. The van der Waals surface area contributed by atoms with Gasteiger partial charge in [0.25, 0.3) is 0 Å². The van der Waals surface area contributed by atoms with Gasteiger partial charge in [0.2, 0.25) is 0 Å². The van der Waals surface area contributed by atoms with Crippen LogP contribution in [0.1, 0.15) is 30.5 Å². The molecule has 1 aromatic rings. The fraction of sp³-hybridized carbons (Fsp3) is 0.636. The highest BCUT2D eigenvalue weighted by Gasteiger charge is 2.28. The minimum atomic E-state index is 0.209. The van der Waals surface area contributed by atoms with E-state index in [1.165, 1.54) is 14.6 Å². The van der Waals surface area contributed by atoms with E-state index in [0.29, 0.717) is 0 Å². The van der Waals surface area contributed by atoms with Gasteiger partial charge in [0.15, 0.2) is 0 Å². The molecule has 2 rings (SSSR count). The van der Waals surface area contributed by atoms with Crippen LogP contribution in [-0.4, -0.2) is 12.4 Å². The Hall–Kier alpha value is -0.150. The molecule has 2 heterocycles. The van der Waals surface area contributed by atoms with Crippen LogP contribution in [0.2, 0.25) is 0 Å². The van der Waals surface area contributed by atoms with Gasteiger partial charge in [-0.25, -0.2) is 0 Å². The molecule has 0 radical (unpaired) electrons. The molecular weight excluding hydrogens is 212 g/mol. The van der Waals surface area contributed by atoms with Crippen molar-refractivity contribution in [1.82, 2.24) is 0 Å². The van der Waals surface area contributed by atoms with E-state index in [4.69, 9.17) is 4.74 Å². The molecule has 0 amide bonds. The second-order valence-electron chi connectivity index (χ2n) is 4.59. The van der Waals surface area contributed by atoms with Crippen LogP contribution in [0.3, 0.4) is 0 Å². The van der Waals surface area contributed by atoms with Crippen LogP contribution in [0.4, 0.5) is 0 Å². The average molecular weight is 228 g/mol. The largest absolute Gasteiger partial charge is 0.490 e. The summed E-state index contributed by atoms with van der Waals surface area (Å²) in [5.41, 5.74) is 0.209. The summed E-state index contributed by atoms with van der Waals surface area (Å²) in [6.45, 7) is 9.81. The zero-order valence-corrected chi connectivity index (χ0v) is 10.8. The van der Waals surface area contributed by atoms with E-state index in [-0.39, 0.29) is 5.41 Å². The third-order valence-corrected chi connectivity index (χ3v) is 5.04. The Balaban J connectivity index is 2.52. The summed E-state index contributed by atoms with van der Waals surface area (Å²) in [6.07, 6.45) is 0. The molecule has 0 aliphatic carbocycles. The van der Waals surface area contributed by atoms with Gasteiger partial charge in [-0.15, -0.1) is 23.1 Å². The Morgan fingerprint density at radius 1 is 1.29 bits per heavy atom. The maximum Gasteiger partial charge on any atom is 0.147 e. The summed E-state index contributed by atoms with van der Waals surface area (Å²) in [4.78, 5) is 4.19. The highest BCUT2D eigenvalue weighted by Crippen LogP contribution is 2.48. The van der Waals surface area contributed by atoms with E-state index >= 15 is 0 Å². The van der Waals surface area contributed by atoms with Crippen molar-refractivity contribution >= 4 is 23.1 Å². The number of fused-ring (bicyclic) bond motifs is 1. The van der Waals surface area contributed by atoms with E-state index in [1.54, 1.807) is 0 Å². The molecular formula is C11H16OS2. The van der Waals surface area contributed by atoms with Crippen LogP contribution in [0.15, 0.2) is 4.90 Å². The number of hydrogen-bond acceptors (Lipinski definition) is 3. The second kappa shape index (κ2) is 3.46. The van der Waals surface area contributed by atoms with Crippen molar-refractivity contribution in [3.05, 3.63) is 9.75 Å². The van der Waals surface area contributed by atoms with Crippen molar-refractivity contribution in [2.24, 2.45) is 0 Å². The summed E-state index contributed by atoms with van der Waals surface area (Å²) in [5.74, 6) is 2.25. The summed E-state index contributed by atoms with van der Waals surface area (Å²) in [5, 5.41) is 0. The molecule has 3 heteroatoms. The predicted octanol–water partition coefficient (Wildman–Crippen LogP) is 3.84. The first-order valence-electron chi connectivity index (χ1n) is 4.89. The summed E-state index contributed by atoms with van der Waals surface area (Å²) in [6, 6.07) is 0. The molecule has 0 N–H and O–H groups in total. The molecule has 78 valence electrons. The Labute approximate surface area is 93.9 Å². The zero-order chi connectivity index (χ0) is 10.3. The Morgan fingerprint density at radius 3 is 2.64 bits per heavy atom. The molecule has 1 aliphatic rings. The maximum atomic E-state index is 5.79. The molecule has 0 fully saturated rings. The van der Waals surface area contributed by atoms with Crippen LogP contribution < -0.4 is 4.74 Å². The third-order valence-electron chi connectivity index (χ3n) is 2.24. The molecule has 14 heavy (non-hydrogen) atoms. The van der Waals surface area contributed by atoms with Gasteiger partial charge in [-0.3, -0.25) is 0 Å². The van der Waals surface area contributed by atoms with E-state index in [2.05, 4.69) is 27.7 Å². The van der Waals surface area contributed by atoms with Crippen molar-refractivity contribution < 1.29 is 4.74 Å². The van der Waals surface area contributed by atoms with Crippen molar-refractivity contribution in [2.45, 2.75) is 38.0 Å². The van der Waals surface area contributed by atoms with Crippen molar-refractivity contribution in [2.75, 3.05) is 12.4 Å². The molecule has 0 saturated heterocycles. The van der Waals surface area contributed by atoms with Crippen molar-refractivity contribution in [3.63, 3.8) is 0 Å². The van der Waals surface area contributed by atoms with Crippen LogP contribution in [0.25, 0.3) is 0 Å². The fourth-order valence-corrected chi connectivity index (χ4v) is 3.87. The lowest BCUT2D eigenvalue weighted by Gasteiger charge is -2.21. The van der Waals surface area contributed by atoms with Gasteiger partial charge in [-0.05, 0) is 12.3 Å². The van der Waals surface area contributed by atoms with E-state index < -0.39 is 0 Å². The smallest absolute Gasteiger partial charge is 0.147 e. The topological polar surface area (TPSA) is 9.23 Å². The number of ether oxygens (including phenoxy) is 1. The normalized spacial score (nSPS) is 16.3. The number of rotatable bonds is 0. The van der Waals surface area contributed by atoms with Gasteiger partial charge in [-0.2, -0.15) is 0 Å². The zero-order valence-electron chi connectivity index (χ0n) is 9.14. The van der Waals surface area contributed by atoms with E-state index in [9.17, 15) is 0 Å². The molecule has 0 saturated carbocycles. The third kappa shape index (κ3) is 1.68. The van der Waals surface area contributed by atoms with Crippen LogP contribution in [0, 0.1) is 6.92 Å². The summed E-state index contributed by atoms with van der Waals surface area (Å²) in [7, 11) is 0. The second-order valence-corrected chi connectivity index (χ2v) is 6.92. The highest BCUT2D eigenvalue weighted by molar-refractivity contribution is 7.99. The van der Waals surface area contributed by atoms with Gasteiger partial charge in [0, 0.05) is 10.6 Å². The Bertz CT molecular complexity index is 347. The summed E-state index contributed by atoms with van der Waals surface area (Å²) >= 11 is 3.83. The molecule has 0 spiro atoms. The number of aryl methyl sites for hydroxylation is 1. The van der Waals surface area contributed by atoms with Gasteiger partial charge < -0.3 is 4.74 Å². The van der Waals surface area contributed by atoms with Gasteiger partial charge in [0.05, 0.1) is 16.4 Å². The maximum absolute atomic E-state index is 5.79.